The van der Waals surface area contributed by atoms with Gasteiger partial charge in [-0.2, -0.15) is 0 Å². The van der Waals surface area contributed by atoms with Crippen molar-refractivity contribution < 1.29 is 0 Å². The summed E-state index contributed by atoms with van der Waals surface area (Å²) in [4.78, 5) is 0. The molecule has 6 aliphatic carbocycles. The molecule has 0 amide bonds. The van der Waals surface area contributed by atoms with Crippen LogP contribution in [0.3, 0.4) is 0 Å². The van der Waals surface area contributed by atoms with E-state index in [4.69, 9.17) is 0 Å². The lowest BCUT2D eigenvalue weighted by Crippen LogP contribution is -2.56. The van der Waals surface area contributed by atoms with Crippen LogP contribution in [0.15, 0.2) is 72.8 Å². The molecule has 0 N–H and O–H groups in total. The number of hydrogen-bond donors (Lipinski definition) is 0. The molecule has 0 spiro atoms. The molecule has 4 bridgehead atoms. The Balaban J connectivity index is 1.11. The van der Waals surface area contributed by atoms with Crippen molar-refractivity contribution in [3.63, 3.8) is 0 Å². The maximum absolute atomic E-state index is 2.70. The molecule has 10 rings (SSSR count). The third-order valence-electron chi connectivity index (χ3n) is 14.4. The van der Waals surface area contributed by atoms with E-state index in [1.807, 2.05) is 0 Å². The van der Waals surface area contributed by atoms with Crippen LogP contribution in [0.2, 0.25) is 0 Å². The van der Waals surface area contributed by atoms with Gasteiger partial charge in [-0.05, 0) is 139 Å². The molecule has 0 atom stereocenters. The maximum atomic E-state index is 2.70. The zero-order chi connectivity index (χ0) is 33.8. The first-order valence-electron chi connectivity index (χ1n) is 19.0. The highest BCUT2D eigenvalue weighted by atomic mass is 14.6. The van der Waals surface area contributed by atoms with Crippen LogP contribution in [0.25, 0.3) is 22.3 Å². The van der Waals surface area contributed by atoms with Crippen molar-refractivity contribution in [1.82, 2.24) is 0 Å². The van der Waals surface area contributed by atoms with Crippen molar-refractivity contribution in [3.8, 4) is 22.3 Å². The Bertz CT molecular complexity index is 1860. The summed E-state index contributed by atoms with van der Waals surface area (Å²) < 4.78 is 0. The molecule has 4 fully saturated rings. The molecular weight excluding hydrogens is 577 g/mol. The van der Waals surface area contributed by atoms with Crippen LogP contribution in [0.1, 0.15) is 152 Å². The standard InChI is InChI=1S/C48H56/c1-43(2,3)31-11-15-35-37-17-13-33(22-41(37)45(7,8)39(35)20-31)47-24-29-19-30(25-47)27-48(26-29,28-47)34-14-18-38-36-16-12-32(44(4,5)6)21-40(36)46(9,10)42(38)23-34/h11-18,20-23,29-30H,19,24-28H2,1-10H3. The second kappa shape index (κ2) is 9.35. The summed E-state index contributed by atoms with van der Waals surface area (Å²) in [6.45, 7) is 24.0. The minimum Gasteiger partial charge on any atom is -0.0579 e. The fourth-order valence-corrected chi connectivity index (χ4v) is 12.0. The molecule has 0 heterocycles. The number of hydrogen-bond acceptors (Lipinski definition) is 0. The molecule has 248 valence electrons. The van der Waals surface area contributed by atoms with Gasteiger partial charge in [-0.1, -0.05) is 142 Å². The van der Waals surface area contributed by atoms with Crippen LogP contribution in [0.4, 0.5) is 0 Å². The van der Waals surface area contributed by atoms with E-state index in [-0.39, 0.29) is 21.7 Å². The van der Waals surface area contributed by atoms with E-state index in [2.05, 4.69) is 142 Å². The van der Waals surface area contributed by atoms with E-state index in [0.717, 1.165) is 11.8 Å². The molecule has 0 aromatic heterocycles. The summed E-state index contributed by atoms with van der Waals surface area (Å²) in [6, 6.07) is 30.2. The Kier molecular flexibility index (Phi) is 6.02. The number of benzene rings is 4. The highest BCUT2D eigenvalue weighted by Gasteiger charge is 2.59. The van der Waals surface area contributed by atoms with E-state index >= 15 is 0 Å². The number of rotatable bonds is 2. The van der Waals surface area contributed by atoms with Gasteiger partial charge in [-0.15, -0.1) is 0 Å². The van der Waals surface area contributed by atoms with Crippen LogP contribution < -0.4 is 0 Å². The van der Waals surface area contributed by atoms with Crippen molar-refractivity contribution in [2.45, 2.75) is 140 Å². The summed E-state index contributed by atoms with van der Waals surface area (Å²) >= 11 is 0. The highest BCUT2D eigenvalue weighted by molar-refractivity contribution is 5.83. The van der Waals surface area contributed by atoms with Crippen molar-refractivity contribution in [3.05, 3.63) is 117 Å². The molecule has 4 saturated carbocycles. The van der Waals surface area contributed by atoms with Crippen molar-refractivity contribution in [2.75, 3.05) is 0 Å². The Morgan fingerprint density at radius 2 is 0.792 bits per heavy atom. The Hall–Kier alpha value is -3.12. The fraction of sp³-hybridized carbons (Fsp3) is 0.500. The molecule has 48 heavy (non-hydrogen) atoms. The molecule has 6 aliphatic rings. The summed E-state index contributed by atoms with van der Waals surface area (Å²) in [5.74, 6) is 1.68. The SMILES string of the molecule is CC(C)(C)c1ccc2c(c1)C(C)(C)c1cc(C34CC5CC(C3)CC(c3ccc6c(c3)C(C)(C)c3cc(C(C)(C)C)ccc3-6)(C5)C4)ccc1-2. The lowest BCUT2D eigenvalue weighted by Gasteiger charge is -2.63. The quantitative estimate of drug-likeness (QED) is 0.206. The van der Waals surface area contributed by atoms with Gasteiger partial charge < -0.3 is 0 Å². The minimum absolute atomic E-state index is 0.0232. The van der Waals surface area contributed by atoms with Gasteiger partial charge in [0.1, 0.15) is 0 Å². The number of fused-ring (bicyclic) bond motifs is 6. The van der Waals surface area contributed by atoms with Gasteiger partial charge in [0.05, 0.1) is 0 Å². The zero-order valence-corrected chi connectivity index (χ0v) is 31.3. The van der Waals surface area contributed by atoms with Crippen LogP contribution in [0.5, 0.6) is 0 Å². The van der Waals surface area contributed by atoms with Crippen molar-refractivity contribution in [2.24, 2.45) is 11.8 Å². The predicted octanol–water partition coefficient (Wildman–Crippen LogP) is 12.7. The maximum Gasteiger partial charge on any atom is 0.0159 e. The summed E-state index contributed by atoms with van der Waals surface area (Å²) in [6.07, 6.45) is 8.27. The van der Waals surface area contributed by atoms with Gasteiger partial charge in [0.2, 0.25) is 0 Å². The highest BCUT2D eigenvalue weighted by Crippen LogP contribution is 2.67. The van der Waals surface area contributed by atoms with Gasteiger partial charge in [0.15, 0.2) is 0 Å². The Morgan fingerprint density at radius 3 is 1.15 bits per heavy atom. The topological polar surface area (TPSA) is 0 Å². The molecule has 4 aromatic carbocycles. The van der Waals surface area contributed by atoms with Crippen molar-refractivity contribution >= 4 is 0 Å². The molecule has 0 saturated heterocycles. The van der Waals surface area contributed by atoms with Gasteiger partial charge in [-0.3, -0.25) is 0 Å². The molecule has 0 unspecified atom stereocenters. The molecule has 0 nitrogen and oxygen atoms in total. The van der Waals surface area contributed by atoms with E-state index in [1.165, 1.54) is 83.0 Å². The van der Waals surface area contributed by atoms with E-state index in [0.29, 0.717) is 10.8 Å². The molecular formula is C48H56. The van der Waals surface area contributed by atoms with E-state index in [1.54, 1.807) is 22.3 Å². The molecule has 0 radical (unpaired) electrons. The lowest BCUT2D eigenvalue weighted by atomic mass is 9.41. The van der Waals surface area contributed by atoms with Gasteiger partial charge >= 0.3 is 0 Å². The first kappa shape index (κ1) is 30.9. The third kappa shape index (κ3) is 4.13. The Morgan fingerprint density at radius 1 is 0.458 bits per heavy atom. The van der Waals surface area contributed by atoms with Crippen LogP contribution >= 0.6 is 0 Å². The van der Waals surface area contributed by atoms with Crippen LogP contribution in [-0.4, -0.2) is 0 Å². The van der Waals surface area contributed by atoms with E-state index in [9.17, 15) is 0 Å². The zero-order valence-electron chi connectivity index (χ0n) is 31.3. The smallest absolute Gasteiger partial charge is 0.0159 e. The average Bonchev–Trinajstić information content (AvgIpc) is 3.38. The minimum atomic E-state index is 0.0232. The van der Waals surface area contributed by atoms with E-state index < -0.39 is 0 Å². The second-order valence-corrected chi connectivity index (χ2v) is 20.3. The normalized spacial score (nSPS) is 28.6. The molecule has 0 heteroatoms. The predicted molar refractivity (Wildman–Crippen MR) is 203 cm³/mol. The van der Waals surface area contributed by atoms with Crippen LogP contribution in [0, 0.1) is 11.8 Å². The van der Waals surface area contributed by atoms with Crippen LogP contribution in [-0.2, 0) is 32.5 Å². The first-order valence-corrected chi connectivity index (χ1v) is 19.0. The molecule has 0 aliphatic heterocycles. The Labute approximate surface area is 290 Å². The third-order valence-corrected chi connectivity index (χ3v) is 14.4. The lowest BCUT2D eigenvalue weighted by molar-refractivity contribution is -0.0282. The van der Waals surface area contributed by atoms with Gasteiger partial charge in [-0.25, -0.2) is 0 Å². The van der Waals surface area contributed by atoms with Crippen molar-refractivity contribution in [1.29, 1.82) is 0 Å². The van der Waals surface area contributed by atoms with Gasteiger partial charge in [0.25, 0.3) is 0 Å². The summed E-state index contributed by atoms with van der Waals surface area (Å²) in [5, 5.41) is 0. The molecule has 4 aromatic rings. The fourth-order valence-electron chi connectivity index (χ4n) is 12.0. The largest absolute Gasteiger partial charge is 0.0579 e. The second-order valence-electron chi connectivity index (χ2n) is 20.3. The summed E-state index contributed by atoms with van der Waals surface area (Å²) in [7, 11) is 0. The summed E-state index contributed by atoms with van der Waals surface area (Å²) in [5.41, 5.74) is 19.1. The first-order chi connectivity index (χ1) is 22.4. The average molecular weight is 633 g/mol. The van der Waals surface area contributed by atoms with Gasteiger partial charge in [0, 0.05) is 10.8 Å². The monoisotopic (exact) mass is 632 g/mol.